The fourth-order valence-corrected chi connectivity index (χ4v) is 5.04. The first-order valence-electron chi connectivity index (χ1n) is 8.28. The molecular formula is C18H20BrFN2O3S. The number of hydrogen-bond donors (Lipinski definition) is 1. The number of β-amino-alcohol motifs (C(OH)–C–C–N with tert-alkyl or cyclic N) is 1. The number of nitrogens with zero attached hydrogens (tertiary/aromatic N) is 2. The zero-order valence-electron chi connectivity index (χ0n) is 14.1. The van der Waals surface area contributed by atoms with Gasteiger partial charge in [0, 0.05) is 42.8 Å². The van der Waals surface area contributed by atoms with Gasteiger partial charge in [-0.3, -0.25) is 4.90 Å². The second-order valence-electron chi connectivity index (χ2n) is 6.20. The molecule has 0 unspecified atom stereocenters. The van der Waals surface area contributed by atoms with E-state index >= 15 is 0 Å². The van der Waals surface area contributed by atoms with E-state index in [4.69, 9.17) is 0 Å². The van der Waals surface area contributed by atoms with Crippen LogP contribution in [0.15, 0.2) is 57.9 Å². The van der Waals surface area contributed by atoms with Crippen molar-refractivity contribution >= 4 is 26.0 Å². The van der Waals surface area contributed by atoms with Gasteiger partial charge in [-0.1, -0.05) is 40.2 Å². The van der Waals surface area contributed by atoms with Crippen LogP contribution in [0.2, 0.25) is 0 Å². The number of aliphatic hydroxyl groups is 1. The fraction of sp³-hybridized carbons (Fsp3) is 0.333. The SMILES string of the molecule is O=S(=O)(c1cccc(Br)c1)N1CCN(C[C@H](O)c2ccccc2F)CC1. The zero-order chi connectivity index (χ0) is 18.7. The van der Waals surface area contributed by atoms with Crippen molar-refractivity contribution in [3.05, 3.63) is 64.4 Å². The van der Waals surface area contributed by atoms with Gasteiger partial charge in [0.25, 0.3) is 0 Å². The summed E-state index contributed by atoms with van der Waals surface area (Å²) in [6.07, 6.45) is -0.940. The third-order valence-corrected chi connectivity index (χ3v) is 6.85. The molecule has 2 aromatic carbocycles. The molecule has 1 N–H and O–H groups in total. The molecule has 2 aromatic rings. The predicted octanol–water partition coefficient (Wildman–Crippen LogP) is 2.63. The topological polar surface area (TPSA) is 60.9 Å². The Morgan fingerprint density at radius 3 is 2.42 bits per heavy atom. The highest BCUT2D eigenvalue weighted by Crippen LogP contribution is 2.22. The van der Waals surface area contributed by atoms with Crippen LogP contribution in [0.25, 0.3) is 0 Å². The van der Waals surface area contributed by atoms with E-state index in [-0.39, 0.29) is 17.0 Å². The molecule has 26 heavy (non-hydrogen) atoms. The quantitative estimate of drug-likeness (QED) is 0.772. The molecule has 0 aromatic heterocycles. The summed E-state index contributed by atoms with van der Waals surface area (Å²) >= 11 is 3.29. The summed E-state index contributed by atoms with van der Waals surface area (Å²) in [5.74, 6) is -0.434. The molecule has 0 saturated carbocycles. The maximum atomic E-state index is 13.8. The molecule has 1 fully saturated rings. The minimum Gasteiger partial charge on any atom is -0.387 e. The predicted molar refractivity (Wildman–Crippen MR) is 101 cm³/mol. The molecule has 0 spiro atoms. The summed E-state index contributed by atoms with van der Waals surface area (Å²) in [6, 6.07) is 12.8. The van der Waals surface area contributed by atoms with Gasteiger partial charge in [-0.25, -0.2) is 12.8 Å². The van der Waals surface area contributed by atoms with Gasteiger partial charge in [-0.2, -0.15) is 4.31 Å². The van der Waals surface area contributed by atoms with Crippen molar-refractivity contribution in [2.75, 3.05) is 32.7 Å². The van der Waals surface area contributed by atoms with E-state index in [0.29, 0.717) is 30.7 Å². The highest BCUT2D eigenvalue weighted by atomic mass is 79.9. The van der Waals surface area contributed by atoms with E-state index in [0.717, 1.165) is 0 Å². The summed E-state index contributed by atoms with van der Waals surface area (Å²) in [7, 11) is -3.54. The van der Waals surface area contributed by atoms with Crippen LogP contribution in [-0.4, -0.2) is 55.5 Å². The fourth-order valence-electron chi connectivity index (χ4n) is 3.02. The lowest BCUT2D eigenvalue weighted by molar-refractivity contribution is 0.0898. The molecule has 1 aliphatic rings. The molecule has 140 valence electrons. The molecule has 0 bridgehead atoms. The van der Waals surface area contributed by atoms with E-state index in [1.807, 2.05) is 4.90 Å². The molecule has 0 radical (unpaired) electrons. The number of piperazine rings is 1. The van der Waals surface area contributed by atoms with E-state index in [2.05, 4.69) is 15.9 Å². The van der Waals surface area contributed by atoms with Crippen LogP contribution in [0, 0.1) is 5.82 Å². The van der Waals surface area contributed by atoms with Crippen molar-refractivity contribution in [3.8, 4) is 0 Å². The van der Waals surface area contributed by atoms with E-state index in [9.17, 15) is 17.9 Å². The Kier molecular flexibility index (Phi) is 6.09. The first kappa shape index (κ1) is 19.4. The summed E-state index contributed by atoms with van der Waals surface area (Å²) in [5.41, 5.74) is 0.261. The Hall–Kier alpha value is -1.32. The Morgan fingerprint density at radius 2 is 1.77 bits per heavy atom. The van der Waals surface area contributed by atoms with Crippen LogP contribution in [0.5, 0.6) is 0 Å². The van der Waals surface area contributed by atoms with Crippen LogP contribution in [0.1, 0.15) is 11.7 Å². The molecule has 1 aliphatic heterocycles. The van der Waals surface area contributed by atoms with Crippen molar-refractivity contribution in [2.45, 2.75) is 11.0 Å². The number of benzene rings is 2. The maximum absolute atomic E-state index is 13.8. The third kappa shape index (κ3) is 4.32. The summed E-state index contributed by atoms with van der Waals surface area (Å²) in [5, 5.41) is 10.3. The zero-order valence-corrected chi connectivity index (χ0v) is 16.5. The van der Waals surface area contributed by atoms with Crippen LogP contribution >= 0.6 is 15.9 Å². The van der Waals surface area contributed by atoms with Gasteiger partial charge >= 0.3 is 0 Å². The molecule has 5 nitrogen and oxygen atoms in total. The lowest BCUT2D eigenvalue weighted by Gasteiger charge is -2.35. The molecular weight excluding hydrogens is 423 g/mol. The number of sulfonamides is 1. The number of hydrogen-bond acceptors (Lipinski definition) is 4. The number of rotatable bonds is 5. The number of halogens is 2. The maximum Gasteiger partial charge on any atom is 0.243 e. The van der Waals surface area contributed by atoms with Crippen LogP contribution < -0.4 is 0 Å². The molecule has 1 heterocycles. The second-order valence-corrected chi connectivity index (χ2v) is 9.05. The highest BCUT2D eigenvalue weighted by Gasteiger charge is 2.29. The van der Waals surface area contributed by atoms with Gasteiger partial charge in [0.1, 0.15) is 5.82 Å². The normalized spacial score (nSPS) is 18.0. The van der Waals surface area contributed by atoms with Gasteiger partial charge in [-0.15, -0.1) is 0 Å². The van der Waals surface area contributed by atoms with Crippen molar-refractivity contribution in [2.24, 2.45) is 0 Å². The van der Waals surface area contributed by atoms with Crippen molar-refractivity contribution in [3.63, 3.8) is 0 Å². The highest BCUT2D eigenvalue weighted by molar-refractivity contribution is 9.10. The monoisotopic (exact) mass is 442 g/mol. The third-order valence-electron chi connectivity index (χ3n) is 4.46. The minimum atomic E-state index is -3.54. The molecule has 3 rings (SSSR count). The van der Waals surface area contributed by atoms with Gasteiger partial charge in [0.15, 0.2) is 0 Å². The molecule has 8 heteroatoms. The average molecular weight is 443 g/mol. The van der Waals surface area contributed by atoms with Gasteiger partial charge in [0.2, 0.25) is 10.0 Å². The Balaban J connectivity index is 1.61. The largest absolute Gasteiger partial charge is 0.387 e. The Labute approximate surface area is 161 Å². The molecule has 1 saturated heterocycles. The summed E-state index contributed by atoms with van der Waals surface area (Å²) < 4.78 is 41.4. The molecule has 1 atom stereocenters. The smallest absolute Gasteiger partial charge is 0.243 e. The van der Waals surface area contributed by atoms with E-state index in [1.54, 1.807) is 42.5 Å². The summed E-state index contributed by atoms with van der Waals surface area (Å²) in [4.78, 5) is 2.20. The van der Waals surface area contributed by atoms with Gasteiger partial charge in [0.05, 0.1) is 11.0 Å². The van der Waals surface area contributed by atoms with Crippen LogP contribution in [-0.2, 0) is 10.0 Å². The van der Waals surface area contributed by atoms with E-state index < -0.39 is 21.9 Å². The number of aliphatic hydroxyl groups excluding tert-OH is 1. The standard InChI is InChI=1S/C18H20BrFN2O3S/c19-14-4-3-5-15(12-14)26(24,25)22-10-8-21(9-11-22)13-18(23)16-6-1-2-7-17(16)20/h1-7,12,18,23H,8-11,13H2/t18-/m0/s1. The van der Waals surface area contributed by atoms with Crippen LogP contribution in [0.4, 0.5) is 4.39 Å². The van der Waals surface area contributed by atoms with Gasteiger partial charge in [-0.05, 0) is 24.3 Å². The molecule has 0 amide bonds. The lowest BCUT2D eigenvalue weighted by atomic mass is 10.1. The van der Waals surface area contributed by atoms with Crippen molar-refractivity contribution in [1.29, 1.82) is 0 Å². The van der Waals surface area contributed by atoms with Crippen molar-refractivity contribution < 1.29 is 17.9 Å². The first-order chi connectivity index (χ1) is 12.4. The first-order valence-corrected chi connectivity index (χ1v) is 10.5. The average Bonchev–Trinajstić information content (AvgIpc) is 2.62. The van der Waals surface area contributed by atoms with Crippen LogP contribution in [0.3, 0.4) is 0 Å². The van der Waals surface area contributed by atoms with Crippen molar-refractivity contribution in [1.82, 2.24) is 9.21 Å². The van der Waals surface area contributed by atoms with E-state index in [1.165, 1.54) is 10.4 Å². The lowest BCUT2D eigenvalue weighted by Crippen LogP contribution is -2.49. The Morgan fingerprint density at radius 1 is 1.08 bits per heavy atom. The van der Waals surface area contributed by atoms with Gasteiger partial charge < -0.3 is 5.11 Å². The molecule has 0 aliphatic carbocycles. The second kappa shape index (κ2) is 8.14. The minimum absolute atomic E-state index is 0.256. The Bertz CT molecular complexity index is 870. The summed E-state index contributed by atoms with van der Waals surface area (Å²) in [6.45, 7) is 1.90.